The standard InChI is InChI=1S/C18H21ClN2O4S/c1-4-17(18(22)20-14-10-8-13(19)9-11-14)21(26(3,23)24)15-6-5-7-16(12-15)25-2/h5-12,17H,4H2,1-3H3,(H,20,22)/t17-/m1/s1. The molecule has 8 heteroatoms. The van der Waals surface area contributed by atoms with Crippen molar-refractivity contribution < 1.29 is 17.9 Å². The molecule has 0 aliphatic carbocycles. The third kappa shape index (κ3) is 4.89. The number of hydrogen-bond donors (Lipinski definition) is 1. The van der Waals surface area contributed by atoms with Gasteiger partial charge in [0.2, 0.25) is 15.9 Å². The summed E-state index contributed by atoms with van der Waals surface area (Å²) in [5, 5.41) is 3.28. The van der Waals surface area contributed by atoms with Gasteiger partial charge in [-0.3, -0.25) is 9.10 Å². The van der Waals surface area contributed by atoms with E-state index in [1.165, 1.54) is 7.11 Å². The van der Waals surface area contributed by atoms with Gasteiger partial charge in [-0.1, -0.05) is 24.6 Å². The van der Waals surface area contributed by atoms with E-state index in [9.17, 15) is 13.2 Å². The monoisotopic (exact) mass is 396 g/mol. The first-order valence-electron chi connectivity index (χ1n) is 7.96. The minimum absolute atomic E-state index is 0.295. The molecule has 0 radical (unpaired) electrons. The molecule has 140 valence electrons. The van der Waals surface area contributed by atoms with Gasteiger partial charge in [-0.05, 0) is 42.8 Å². The lowest BCUT2D eigenvalue weighted by Gasteiger charge is -2.30. The predicted octanol–water partition coefficient (Wildman–Crippen LogP) is 3.53. The third-order valence-corrected chi connectivity index (χ3v) is 5.18. The molecule has 2 rings (SSSR count). The number of ether oxygens (including phenoxy) is 1. The first-order chi connectivity index (χ1) is 12.3. The van der Waals surface area contributed by atoms with Crippen molar-refractivity contribution >= 4 is 38.9 Å². The van der Waals surface area contributed by atoms with Crippen LogP contribution in [0.15, 0.2) is 48.5 Å². The Morgan fingerprint density at radius 3 is 2.42 bits per heavy atom. The molecule has 0 saturated carbocycles. The van der Waals surface area contributed by atoms with E-state index in [1.54, 1.807) is 55.5 Å². The maximum absolute atomic E-state index is 12.8. The Kier molecular flexibility index (Phi) is 6.50. The Labute approximate surface area is 158 Å². The number of benzene rings is 2. The van der Waals surface area contributed by atoms with Gasteiger partial charge < -0.3 is 10.1 Å². The molecule has 1 N–H and O–H groups in total. The first-order valence-corrected chi connectivity index (χ1v) is 10.2. The highest BCUT2D eigenvalue weighted by atomic mass is 35.5. The molecule has 0 spiro atoms. The quantitative estimate of drug-likeness (QED) is 0.776. The number of sulfonamides is 1. The van der Waals surface area contributed by atoms with Crippen LogP contribution in [0.4, 0.5) is 11.4 Å². The number of carbonyl (C=O) groups excluding carboxylic acids is 1. The van der Waals surface area contributed by atoms with Crippen LogP contribution >= 0.6 is 11.6 Å². The van der Waals surface area contributed by atoms with Crippen LogP contribution in [0.5, 0.6) is 5.75 Å². The average Bonchev–Trinajstić information content (AvgIpc) is 2.60. The summed E-state index contributed by atoms with van der Waals surface area (Å²) in [5.74, 6) is 0.0761. The summed E-state index contributed by atoms with van der Waals surface area (Å²) < 4.78 is 31.1. The van der Waals surface area contributed by atoms with Gasteiger partial charge in [0.1, 0.15) is 11.8 Å². The average molecular weight is 397 g/mol. The van der Waals surface area contributed by atoms with Crippen LogP contribution in [0.1, 0.15) is 13.3 Å². The Morgan fingerprint density at radius 2 is 1.88 bits per heavy atom. The number of nitrogens with one attached hydrogen (secondary N) is 1. The third-order valence-electron chi connectivity index (χ3n) is 3.75. The van der Waals surface area contributed by atoms with E-state index in [0.29, 0.717) is 28.6 Å². The van der Waals surface area contributed by atoms with Gasteiger partial charge in [-0.25, -0.2) is 8.42 Å². The second-order valence-corrected chi connectivity index (χ2v) is 7.98. The first kappa shape index (κ1) is 20.1. The minimum Gasteiger partial charge on any atom is -0.497 e. The van der Waals surface area contributed by atoms with Crippen LogP contribution in [0, 0.1) is 0 Å². The van der Waals surface area contributed by atoms with Crippen LogP contribution in [0.2, 0.25) is 5.02 Å². The minimum atomic E-state index is -3.70. The fraction of sp³-hybridized carbons (Fsp3) is 0.278. The van der Waals surface area contributed by atoms with Crippen LogP contribution < -0.4 is 14.4 Å². The van der Waals surface area contributed by atoms with Gasteiger partial charge in [0.25, 0.3) is 0 Å². The van der Waals surface area contributed by atoms with Crippen molar-refractivity contribution in [2.45, 2.75) is 19.4 Å². The molecule has 0 aliphatic rings. The lowest BCUT2D eigenvalue weighted by molar-refractivity contribution is -0.117. The van der Waals surface area contributed by atoms with Gasteiger partial charge in [-0.15, -0.1) is 0 Å². The fourth-order valence-corrected chi connectivity index (χ4v) is 3.90. The lowest BCUT2D eigenvalue weighted by atomic mass is 10.1. The zero-order valence-corrected chi connectivity index (χ0v) is 16.3. The molecule has 0 heterocycles. The fourth-order valence-electron chi connectivity index (χ4n) is 2.57. The molecule has 26 heavy (non-hydrogen) atoms. The van der Waals surface area contributed by atoms with Gasteiger partial charge >= 0.3 is 0 Å². The highest BCUT2D eigenvalue weighted by Gasteiger charge is 2.31. The summed E-state index contributed by atoms with van der Waals surface area (Å²) in [5.41, 5.74) is 0.905. The van der Waals surface area contributed by atoms with Crippen molar-refractivity contribution in [2.24, 2.45) is 0 Å². The Hall–Kier alpha value is -2.25. The highest BCUT2D eigenvalue weighted by Crippen LogP contribution is 2.27. The largest absolute Gasteiger partial charge is 0.497 e. The van der Waals surface area contributed by atoms with Crippen molar-refractivity contribution in [1.29, 1.82) is 0 Å². The molecular weight excluding hydrogens is 376 g/mol. The van der Waals surface area contributed by atoms with Gasteiger partial charge in [0, 0.05) is 16.8 Å². The van der Waals surface area contributed by atoms with Crippen LogP contribution in [-0.4, -0.2) is 33.7 Å². The Balaban J connectivity index is 2.37. The molecule has 0 saturated heterocycles. The number of rotatable bonds is 7. The molecule has 6 nitrogen and oxygen atoms in total. The normalized spacial score (nSPS) is 12.3. The van der Waals surface area contributed by atoms with E-state index >= 15 is 0 Å². The van der Waals surface area contributed by atoms with E-state index in [1.807, 2.05) is 0 Å². The van der Waals surface area contributed by atoms with E-state index in [0.717, 1.165) is 10.6 Å². The number of halogens is 1. The number of hydrogen-bond acceptors (Lipinski definition) is 4. The van der Waals surface area contributed by atoms with Crippen LogP contribution in [0.3, 0.4) is 0 Å². The zero-order chi connectivity index (χ0) is 19.3. The zero-order valence-electron chi connectivity index (χ0n) is 14.8. The van der Waals surface area contributed by atoms with E-state index in [2.05, 4.69) is 5.32 Å². The van der Waals surface area contributed by atoms with E-state index in [-0.39, 0.29) is 0 Å². The van der Waals surface area contributed by atoms with Gasteiger partial charge in [0.15, 0.2) is 0 Å². The van der Waals surface area contributed by atoms with Crippen molar-refractivity contribution in [2.75, 3.05) is 23.0 Å². The van der Waals surface area contributed by atoms with Crippen molar-refractivity contribution in [3.63, 3.8) is 0 Å². The van der Waals surface area contributed by atoms with E-state index < -0.39 is 22.0 Å². The molecule has 0 unspecified atom stereocenters. The Bertz CT molecular complexity index is 869. The molecular formula is C18H21ClN2O4S. The summed E-state index contributed by atoms with van der Waals surface area (Å²) in [6.07, 6.45) is 1.37. The second-order valence-electron chi connectivity index (χ2n) is 5.68. The number of nitrogens with zero attached hydrogens (tertiary/aromatic N) is 1. The summed E-state index contributed by atoms with van der Waals surface area (Å²) in [7, 11) is -2.21. The molecule has 0 fully saturated rings. The van der Waals surface area contributed by atoms with Crippen LogP contribution in [0.25, 0.3) is 0 Å². The highest BCUT2D eigenvalue weighted by molar-refractivity contribution is 7.92. The molecule has 0 aliphatic heterocycles. The van der Waals surface area contributed by atoms with Crippen LogP contribution in [-0.2, 0) is 14.8 Å². The Morgan fingerprint density at radius 1 is 1.23 bits per heavy atom. The number of amides is 1. The SMILES string of the molecule is CC[C@H](C(=O)Nc1ccc(Cl)cc1)N(c1cccc(OC)c1)S(C)(=O)=O. The second kappa shape index (κ2) is 8.42. The maximum Gasteiger partial charge on any atom is 0.248 e. The number of carbonyl (C=O) groups is 1. The topological polar surface area (TPSA) is 75.7 Å². The molecule has 0 bridgehead atoms. The number of methoxy groups -OCH3 is 1. The molecule has 0 aromatic heterocycles. The van der Waals surface area contributed by atoms with Gasteiger partial charge in [0.05, 0.1) is 19.1 Å². The summed E-state index contributed by atoms with van der Waals surface area (Å²) >= 11 is 5.84. The van der Waals surface area contributed by atoms with Gasteiger partial charge in [-0.2, -0.15) is 0 Å². The number of anilines is 2. The molecule has 1 amide bonds. The molecule has 2 aromatic carbocycles. The molecule has 1 atom stereocenters. The van der Waals surface area contributed by atoms with Crippen molar-refractivity contribution in [3.05, 3.63) is 53.6 Å². The summed E-state index contributed by atoms with van der Waals surface area (Å²) in [6.45, 7) is 1.75. The predicted molar refractivity (Wildman–Crippen MR) is 104 cm³/mol. The van der Waals surface area contributed by atoms with E-state index in [4.69, 9.17) is 16.3 Å². The smallest absolute Gasteiger partial charge is 0.248 e. The summed E-state index contributed by atoms with van der Waals surface area (Å²) in [4.78, 5) is 12.8. The molecule has 2 aromatic rings. The van der Waals surface area contributed by atoms with Crippen molar-refractivity contribution in [3.8, 4) is 5.75 Å². The summed E-state index contributed by atoms with van der Waals surface area (Å²) in [6, 6.07) is 12.3. The lowest BCUT2D eigenvalue weighted by Crippen LogP contribution is -2.47. The van der Waals surface area contributed by atoms with Crippen molar-refractivity contribution in [1.82, 2.24) is 0 Å². The maximum atomic E-state index is 12.8.